The second kappa shape index (κ2) is 6.19. The Balaban J connectivity index is 1.91. The van der Waals surface area contributed by atoms with Gasteiger partial charge >= 0.3 is 5.97 Å². The Morgan fingerprint density at radius 1 is 1.29 bits per heavy atom. The number of hydrogen-bond donors (Lipinski definition) is 2. The third-order valence-corrected chi connectivity index (χ3v) is 4.64. The highest BCUT2D eigenvalue weighted by molar-refractivity contribution is 5.99. The Morgan fingerprint density at radius 3 is 2.67 bits per heavy atom. The maximum Gasteiger partial charge on any atom is 0.305 e. The molecule has 1 aromatic heterocycles. The molecule has 0 spiro atoms. The molecule has 0 radical (unpaired) electrons. The molecule has 0 atom stereocenters. The number of amides is 1. The topological polar surface area (TPSA) is 79.3 Å². The molecule has 1 aliphatic carbocycles. The third-order valence-electron chi connectivity index (χ3n) is 4.64. The molecule has 2 aromatic rings. The molecule has 5 nitrogen and oxygen atoms in total. The van der Waals surface area contributed by atoms with E-state index in [1.165, 1.54) is 12.1 Å². The van der Waals surface area contributed by atoms with Crippen molar-refractivity contribution in [3.63, 3.8) is 0 Å². The fourth-order valence-corrected chi connectivity index (χ4v) is 3.46. The van der Waals surface area contributed by atoms with E-state index in [0.29, 0.717) is 35.0 Å². The number of carboxylic acids is 1. The highest BCUT2D eigenvalue weighted by atomic mass is 19.1. The molecule has 1 aliphatic rings. The third kappa shape index (κ3) is 3.22. The zero-order chi connectivity index (χ0) is 17.3. The summed E-state index contributed by atoms with van der Waals surface area (Å²) in [6, 6.07) is 5.91. The number of nitrogens with zero attached hydrogens (tertiary/aromatic N) is 1. The van der Waals surface area contributed by atoms with Crippen LogP contribution in [0.5, 0.6) is 0 Å². The van der Waals surface area contributed by atoms with Crippen molar-refractivity contribution in [3.8, 4) is 0 Å². The number of benzene rings is 1. The van der Waals surface area contributed by atoms with Gasteiger partial charge in [0.2, 0.25) is 0 Å². The van der Waals surface area contributed by atoms with E-state index in [4.69, 9.17) is 5.11 Å². The SMILES string of the molecule is Cc1nc2cc(F)ccc2cc1C(=O)NC1(CC(=O)O)CCCC1. The van der Waals surface area contributed by atoms with Crippen molar-refractivity contribution in [2.75, 3.05) is 0 Å². The Morgan fingerprint density at radius 2 is 2.00 bits per heavy atom. The first kappa shape index (κ1) is 16.4. The van der Waals surface area contributed by atoms with Gasteiger partial charge in [-0.15, -0.1) is 0 Å². The zero-order valence-corrected chi connectivity index (χ0v) is 13.4. The first-order valence-corrected chi connectivity index (χ1v) is 8.00. The summed E-state index contributed by atoms with van der Waals surface area (Å²) < 4.78 is 13.3. The van der Waals surface area contributed by atoms with Crippen LogP contribution in [0.2, 0.25) is 0 Å². The Bertz CT molecular complexity index is 813. The fraction of sp³-hybridized carbons (Fsp3) is 0.389. The van der Waals surface area contributed by atoms with Gasteiger partial charge in [-0.2, -0.15) is 0 Å². The van der Waals surface area contributed by atoms with Crippen LogP contribution in [0.25, 0.3) is 10.9 Å². The number of carbonyl (C=O) groups excluding carboxylic acids is 1. The van der Waals surface area contributed by atoms with Gasteiger partial charge in [0.1, 0.15) is 5.82 Å². The molecule has 2 N–H and O–H groups in total. The van der Waals surface area contributed by atoms with Crippen molar-refractivity contribution in [1.82, 2.24) is 10.3 Å². The van der Waals surface area contributed by atoms with Crippen molar-refractivity contribution in [1.29, 1.82) is 0 Å². The highest BCUT2D eigenvalue weighted by Crippen LogP contribution is 2.33. The van der Waals surface area contributed by atoms with Crippen LogP contribution in [0.4, 0.5) is 4.39 Å². The van der Waals surface area contributed by atoms with E-state index < -0.39 is 11.5 Å². The normalized spacial score (nSPS) is 16.2. The lowest BCUT2D eigenvalue weighted by molar-refractivity contribution is -0.138. The Kier molecular flexibility index (Phi) is 4.22. The van der Waals surface area contributed by atoms with Gasteiger partial charge in [0, 0.05) is 11.5 Å². The lowest BCUT2D eigenvalue weighted by Crippen LogP contribution is -2.48. The average molecular weight is 330 g/mol. The molecule has 126 valence electrons. The standard InChI is InChI=1S/C18H19FN2O3/c1-11-14(8-12-4-5-13(19)9-15(12)20-11)17(24)21-18(10-16(22)23)6-2-3-7-18/h4-5,8-9H,2-3,6-7,10H2,1H3,(H,21,24)(H,22,23). The van der Waals surface area contributed by atoms with Gasteiger partial charge in [-0.3, -0.25) is 14.6 Å². The lowest BCUT2D eigenvalue weighted by Gasteiger charge is -2.29. The van der Waals surface area contributed by atoms with Crippen molar-refractivity contribution in [3.05, 3.63) is 41.3 Å². The van der Waals surface area contributed by atoms with Crippen LogP contribution in [-0.4, -0.2) is 27.5 Å². The summed E-state index contributed by atoms with van der Waals surface area (Å²) in [6.45, 7) is 1.69. The molecular formula is C18H19FN2O3. The number of carbonyl (C=O) groups is 2. The van der Waals surface area contributed by atoms with E-state index in [1.54, 1.807) is 19.1 Å². The lowest BCUT2D eigenvalue weighted by atomic mass is 9.92. The van der Waals surface area contributed by atoms with Crippen LogP contribution in [-0.2, 0) is 4.79 Å². The molecule has 1 amide bonds. The molecule has 1 aromatic carbocycles. The van der Waals surface area contributed by atoms with Crippen LogP contribution in [0.15, 0.2) is 24.3 Å². The number of pyridine rings is 1. The van der Waals surface area contributed by atoms with E-state index in [2.05, 4.69) is 10.3 Å². The number of hydrogen-bond acceptors (Lipinski definition) is 3. The van der Waals surface area contributed by atoms with Crippen molar-refractivity contribution in [2.45, 2.75) is 44.6 Å². The van der Waals surface area contributed by atoms with Crippen LogP contribution in [0.3, 0.4) is 0 Å². The summed E-state index contributed by atoms with van der Waals surface area (Å²) in [5.41, 5.74) is 0.692. The van der Waals surface area contributed by atoms with Gasteiger partial charge in [0.05, 0.1) is 28.7 Å². The molecule has 0 bridgehead atoms. The second-order valence-electron chi connectivity index (χ2n) is 6.47. The highest BCUT2D eigenvalue weighted by Gasteiger charge is 2.37. The first-order valence-electron chi connectivity index (χ1n) is 8.00. The van der Waals surface area contributed by atoms with E-state index in [-0.39, 0.29) is 18.1 Å². The minimum absolute atomic E-state index is 0.0794. The molecule has 1 heterocycles. The van der Waals surface area contributed by atoms with Crippen molar-refractivity contribution in [2.24, 2.45) is 0 Å². The quantitative estimate of drug-likeness (QED) is 0.902. The van der Waals surface area contributed by atoms with E-state index in [1.807, 2.05) is 0 Å². The van der Waals surface area contributed by atoms with Gasteiger partial charge in [-0.1, -0.05) is 12.8 Å². The predicted molar refractivity (Wildman–Crippen MR) is 87.4 cm³/mol. The number of aromatic nitrogens is 1. The van der Waals surface area contributed by atoms with Gasteiger partial charge in [0.15, 0.2) is 0 Å². The molecule has 3 rings (SSSR count). The molecule has 6 heteroatoms. The number of fused-ring (bicyclic) bond motifs is 1. The van der Waals surface area contributed by atoms with Crippen molar-refractivity contribution < 1.29 is 19.1 Å². The van der Waals surface area contributed by atoms with Crippen LogP contribution in [0, 0.1) is 12.7 Å². The molecule has 0 saturated heterocycles. The number of rotatable bonds is 4. The fourth-order valence-electron chi connectivity index (χ4n) is 3.46. The minimum Gasteiger partial charge on any atom is -0.481 e. The van der Waals surface area contributed by atoms with Gasteiger partial charge in [-0.25, -0.2) is 4.39 Å². The smallest absolute Gasteiger partial charge is 0.305 e. The Hall–Kier alpha value is -2.50. The molecule has 0 unspecified atom stereocenters. The Labute approximate surface area is 138 Å². The molecule has 1 fully saturated rings. The van der Waals surface area contributed by atoms with Crippen LogP contribution >= 0.6 is 0 Å². The molecular weight excluding hydrogens is 311 g/mol. The molecule has 0 aliphatic heterocycles. The number of halogens is 1. The first-order chi connectivity index (χ1) is 11.4. The average Bonchev–Trinajstić information content (AvgIpc) is 2.93. The maximum absolute atomic E-state index is 13.3. The van der Waals surface area contributed by atoms with Gasteiger partial charge in [0.25, 0.3) is 5.91 Å². The number of carboxylic acid groups (broad SMARTS) is 1. The summed E-state index contributed by atoms with van der Waals surface area (Å²) in [5.74, 6) is -1.62. The summed E-state index contributed by atoms with van der Waals surface area (Å²) in [5, 5.41) is 12.7. The number of aliphatic carboxylic acids is 1. The van der Waals surface area contributed by atoms with E-state index >= 15 is 0 Å². The summed E-state index contributed by atoms with van der Waals surface area (Å²) in [7, 11) is 0. The van der Waals surface area contributed by atoms with Gasteiger partial charge in [-0.05, 0) is 38.0 Å². The zero-order valence-electron chi connectivity index (χ0n) is 13.4. The number of aryl methyl sites for hydroxylation is 1. The summed E-state index contributed by atoms with van der Waals surface area (Å²) in [6.07, 6.45) is 3.06. The van der Waals surface area contributed by atoms with E-state index in [0.717, 1.165) is 12.8 Å². The van der Waals surface area contributed by atoms with E-state index in [9.17, 15) is 14.0 Å². The minimum atomic E-state index is -0.916. The number of nitrogens with one attached hydrogen (secondary N) is 1. The van der Waals surface area contributed by atoms with Crippen molar-refractivity contribution >= 4 is 22.8 Å². The summed E-state index contributed by atoms with van der Waals surface area (Å²) >= 11 is 0. The van der Waals surface area contributed by atoms with Gasteiger partial charge < -0.3 is 10.4 Å². The second-order valence-corrected chi connectivity index (χ2v) is 6.47. The largest absolute Gasteiger partial charge is 0.481 e. The van der Waals surface area contributed by atoms with Crippen LogP contribution in [0.1, 0.15) is 48.2 Å². The monoisotopic (exact) mass is 330 g/mol. The maximum atomic E-state index is 13.3. The predicted octanol–water partition coefficient (Wildman–Crippen LogP) is 3.20. The summed E-state index contributed by atoms with van der Waals surface area (Å²) in [4.78, 5) is 28.2. The van der Waals surface area contributed by atoms with Crippen LogP contribution < -0.4 is 5.32 Å². The molecule has 24 heavy (non-hydrogen) atoms. The molecule has 1 saturated carbocycles.